The Morgan fingerprint density at radius 2 is 2.20 bits per heavy atom. The second-order valence-corrected chi connectivity index (χ2v) is 6.46. The highest BCUT2D eigenvalue weighted by atomic mass is 35.5. The summed E-state index contributed by atoms with van der Waals surface area (Å²) < 4.78 is 11.2. The molecule has 7 nitrogen and oxygen atoms in total. The average Bonchev–Trinajstić information content (AvgIpc) is 2.62. The van der Waals surface area contributed by atoms with Crippen molar-refractivity contribution in [3.05, 3.63) is 41.0 Å². The number of fused-ring (bicyclic) bond motifs is 1. The lowest BCUT2D eigenvalue weighted by Gasteiger charge is -2.39. The molecule has 1 amide bonds. The van der Waals surface area contributed by atoms with Gasteiger partial charge >= 0.3 is 0 Å². The van der Waals surface area contributed by atoms with E-state index in [1.54, 1.807) is 6.20 Å². The summed E-state index contributed by atoms with van der Waals surface area (Å²) in [6, 6.07) is 7.56. The van der Waals surface area contributed by atoms with E-state index in [1.807, 2.05) is 31.2 Å². The fourth-order valence-corrected chi connectivity index (χ4v) is 3.29. The van der Waals surface area contributed by atoms with Crippen LogP contribution in [0.4, 0.5) is 11.8 Å². The van der Waals surface area contributed by atoms with Crippen molar-refractivity contribution in [3.8, 4) is 5.75 Å². The molecule has 3 heterocycles. The van der Waals surface area contributed by atoms with Gasteiger partial charge in [0.2, 0.25) is 5.95 Å². The molecular weight excluding hydrogens is 344 g/mol. The number of carbonyl (C=O) groups is 1. The summed E-state index contributed by atoms with van der Waals surface area (Å²) in [4.78, 5) is 22.5. The number of anilines is 2. The van der Waals surface area contributed by atoms with Crippen molar-refractivity contribution in [2.75, 3.05) is 30.0 Å². The Morgan fingerprint density at radius 3 is 3.04 bits per heavy atom. The Morgan fingerprint density at radius 1 is 1.36 bits per heavy atom. The highest BCUT2D eigenvalue weighted by Crippen LogP contribution is 2.35. The predicted molar refractivity (Wildman–Crippen MR) is 93.1 cm³/mol. The first kappa shape index (κ1) is 16.1. The lowest BCUT2D eigenvalue weighted by Crippen LogP contribution is -2.44. The topological polar surface area (TPSA) is 76.6 Å². The first-order valence-electron chi connectivity index (χ1n) is 8.04. The minimum atomic E-state index is -0.227. The van der Waals surface area contributed by atoms with E-state index in [-0.39, 0.29) is 24.7 Å². The zero-order valence-corrected chi connectivity index (χ0v) is 14.4. The summed E-state index contributed by atoms with van der Waals surface area (Å²) in [6.45, 7) is 3.07. The van der Waals surface area contributed by atoms with E-state index >= 15 is 0 Å². The highest BCUT2D eigenvalue weighted by Gasteiger charge is 2.32. The first-order valence-corrected chi connectivity index (χ1v) is 8.42. The van der Waals surface area contributed by atoms with E-state index < -0.39 is 0 Å². The van der Waals surface area contributed by atoms with Crippen molar-refractivity contribution in [1.82, 2.24) is 9.97 Å². The lowest BCUT2D eigenvalue weighted by atomic mass is 10.0. The number of benzene rings is 1. The normalized spacial score (nSPS) is 22.8. The molecule has 1 aromatic carbocycles. The van der Waals surface area contributed by atoms with Crippen molar-refractivity contribution >= 4 is 29.3 Å². The number of nitrogens with zero attached hydrogens (tertiary/aromatic N) is 3. The number of carbonyl (C=O) groups excluding carboxylic acids is 1. The largest absolute Gasteiger partial charge is 0.478 e. The van der Waals surface area contributed by atoms with E-state index in [0.29, 0.717) is 35.7 Å². The molecule has 0 radical (unpaired) electrons. The van der Waals surface area contributed by atoms with Crippen molar-refractivity contribution in [2.45, 2.75) is 19.1 Å². The third-order valence-electron chi connectivity index (χ3n) is 4.25. The number of amides is 1. The SMILES string of the molecule is CC1CN(c2ncc3c(n2)NC(=O)CO3)C(c2ccccc2Cl)CO1. The third kappa shape index (κ3) is 3.12. The van der Waals surface area contributed by atoms with Crippen LogP contribution in [0.25, 0.3) is 0 Å². The van der Waals surface area contributed by atoms with Gasteiger partial charge in [0.05, 0.1) is 24.9 Å². The van der Waals surface area contributed by atoms with Gasteiger partial charge in [-0.2, -0.15) is 4.98 Å². The molecule has 4 rings (SSSR count). The second-order valence-electron chi connectivity index (χ2n) is 6.05. The van der Waals surface area contributed by atoms with Crippen LogP contribution < -0.4 is 15.0 Å². The Kier molecular flexibility index (Phi) is 4.19. The molecule has 2 aliphatic heterocycles. The summed E-state index contributed by atoms with van der Waals surface area (Å²) in [5, 5.41) is 3.39. The monoisotopic (exact) mass is 360 g/mol. The average molecular weight is 361 g/mol. The maximum atomic E-state index is 11.5. The number of hydrogen-bond donors (Lipinski definition) is 1. The zero-order valence-electron chi connectivity index (χ0n) is 13.6. The lowest BCUT2D eigenvalue weighted by molar-refractivity contribution is -0.118. The molecule has 0 bridgehead atoms. The minimum absolute atomic E-state index is 0.0213. The van der Waals surface area contributed by atoms with Crippen molar-refractivity contribution < 1.29 is 14.3 Å². The first-order chi connectivity index (χ1) is 12.1. The van der Waals surface area contributed by atoms with Crippen LogP contribution in [0.2, 0.25) is 5.02 Å². The molecule has 8 heteroatoms. The molecule has 1 aromatic heterocycles. The Bertz CT molecular complexity index is 816. The molecule has 2 unspecified atom stereocenters. The van der Waals surface area contributed by atoms with Crippen LogP contribution in [0.1, 0.15) is 18.5 Å². The van der Waals surface area contributed by atoms with Crippen LogP contribution in [0.5, 0.6) is 5.75 Å². The zero-order chi connectivity index (χ0) is 17.4. The van der Waals surface area contributed by atoms with Gasteiger partial charge in [-0.05, 0) is 18.6 Å². The highest BCUT2D eigenvalue weighted by molar-refractivity contribution is 6.31. The summed E-state index contributed by atoms with van der Waals surface area (Å²) in [6.07, 6.45) is 1.62. The molecule has 1 fully saturated rings. The molecule has 25 heavy (non-hydrogen) atoms. The van der Waals surface area contributed by atoms with Crippen LogP contribution in [-0.2, 0) is 9.53 Å². The van der Waals surface area contributed by atoms with E-state index in [4.69, 9.17) is 21.1 Å². The van der Waals surface area contributed by atoms with Crippen LogP contribution >= 0.6 is 11.6 Å². The van der Waals surface area contributed by atoms with Crippen molar-refractivity contribution in [2.24, 2.45) is 0 Å². The number of morpholine rings is 1. The minimum Gasteiger partial charge on any atom is -0.478 e. The summed E-state index contributed by atoms with van der Waals surface area (Å²) in [5.41, 5.74) is 0.956. The van der Waals surface area contributed by atoms with Crippen LogP contribution in [0.3, 0.4) is 0 Å². The van der Waals surface area contributed by atoms with E-state index in [1.165, 1.54) is 0 Å². The number of rotatable bonds is 2. The Balaban J connectivity index is 1.71. The molecular formula is C17H17ClN4O3. The molecule has 2 aromatic rings. The van der Waals surface area contributed by atoms with Crippen LogP contribution in [-0.4, -0.2) is 41.7 Å². The summed E-state index contributed by atoms with van der Waals surface area (Å²) in [5.74, 6) is 1.14. The van der Waals surface area contributed by atoms with E-state index in [2.05, 4.69) is 20.2 Å². The molecule has 0 spiro atoms. The molecule has 130 valence electrons. The van der Waals surface area contributed by atoms with Gasteiger partial charge < -0.3 is 19.7 Å². The number of aromatic nitrogens is 2. The predicted octanol–water partition coefficient (Wildman–Crippen LogP) is 2.43. The molecule has 1 saturated heterocycles. The van der Waals surface area contributed by atoms with Gasteiger partial charge in [-0.3, -0.25) is 4.79 Å². The fraction of sp³-hybridized carbons (Fsp3) is 0.353. The Labute approximate surface area is 149 Å². The third-order valence-corrected chi connectivity index (χ3v) is 4.59. The fourth-order valence-electron chi connectivity index (χ4n) is 3.03. The quantitative estimate of drug-likeness (QED) is 0.886. The number of halogens is 1. The molecule has 2 aliphatic rings. The number of hydrogen-bond acceptors (Lipinski definition) is 6. The summed E-state index contributed by atoms with van der Waals surface area (Å²) in [7, 11) is 0. The number of nitrogens with one attached hydrogen (secondary N) is 1. The van der Waals surface area contributed by atoms with Gasteiger partial charge in [-0.15, -0.1) is 0 Å². The molecule has 1 N–H and O–H groups in total. The molecule has 0 aliphatic carbocycles. The van der Waals surface area contributed by atoms with Gasteiger partial charge in [0.25, 0.3) is 5.91 Å². The van der Waals surface area contributed by atoms with Gasteiger partial charge in [0, 0.05) is 11.6 Å². The van der Waals surface area contributed by atoms with Crippen LogP contribution in [0, 0.1) is 0 Å². The number of ether oxygens (including phenoxy) is 2. The summed E-state index contributed by atoms with van der Waals surface area (Å²) >= 11 is 6.38. The van der Waals surface area contributed by atoms with E-state index in [9.17, 15) is 4.79 Å². The van der Waals surface area contributed by atoms with Crippen LogP contribution in [0.15, 0.2) is 30.5 Å². The maximum Gasteiger partial charge on any atom is 0.263 e. The molecule has 2 atom stereocenters. The van der Waals surface area contributed by atoms with Gasteiger partial charge in [0.1, 0.15) is 0 Å². The standard InChI is InChI=1S/C17H17ClN4O3/c1-10-7-22(13(8-24-10)11-4-2-3-5-12(11)18)17-19-6-14-16(21-17)20-15(23)9-25-14/h2-6,10,13H,7-9H2,1H3,(H,19,20,21,23). The van der Waals surface area contributed by atoms with Crippen molar-refractivity contribution in [1.29, 1.82) is 0 Å². The van der Waals surface area contributed by atoms with E-state index in [0.717, 1.165) is 5.56 Å². The van der Waals surface area contributed by atoms with Gasteiger partial charge in [0.15, 0.2) is 18.2 Å². The maximum absolute atomic E-state index is 11.5. The van der Waals surface area contributed by atoms with Gasteiger partial charge in [-0.25, -0.2) is 4.98 Å². The Hall–Kier alpha value is -2.38. The van der Waals surface area contributed by atoms with Gasteiger partial charge in [-0.1, -0.05) is 29.8 Å². The second kappa shape index (κ2) is 6.50. The van der Waals surface area contributed by atoms with Crippen molar-refractivity contribution in [3.63, 3.8) is 0 Å². The smallest absolute Gasteiger partial charge is 0.263 e. The molecule has 0 saturated carbocycles.